The van der Waals surface area contributed by atoms with Crippen LogP contribution in [0.4, 0.5) is 5.69 Å². The molecule has 1 aliphatic heterocycles. The summed E-state index contributed by atoms with van der Waals surface area (Å²) in [5.74, 6) is 0.815. The van der Waals surface area contributed by atoms with Crippen molar-refractivity contribution in [2.24, 2.45) is 0 Å². The number of rotatable bonds is 2. The van der Waals surface area contributed by atoms with Crippen molar-refractivity contribution in [3.05, 3.63) is 59.8 Å². The van der Waals surface area contributed by atoms with Gasteiger partial charge >= 0.3 is 0 Å². The van der Waals surface area contributed by atoms with E-state index in [4.69, 9.17) is 4.74 Å². The van der Waals surface area contributed by atoms with E-state index in [-0.39, 0.29) is 5.91 Å². The topological polar surface area (TPSA) is 34.5 Å². The molecule has 0 unspecified atom stereocenters. The van der Waals surface area contributed by atoms with Crippen LogP contribution in [0.1, 0.15) is 23.0 Å². The van der Waals surface area contributed by atoms with Crippen molar-refractivity contribution in [1.29, 1.82) is 0 Å². The summed E-state index contributed by atoms with van der Waals surface area (Å²) < 4.78 is 7.80. The standard InChI is InChI=1S/C20H20N2O2/c1-3-21-16-9-5-4-8-15(16)14(2)19(21)20(23)22-12-13-24-18-11-7-6-10-17(18)22/h4-11H,3,12-13H2,1-2H3. The summed E-state index contributed by atoms with van der Waals surface area (Å²) in [6.07, 6.45) is 0. The van der Waals surface area contributed by atoms with E-state index in [1.807, 2.05) is 48.2 Å². The van der Waals surface area contributed by atoms with Gasteiger partial charge in [0.25, 0.3) is 5.91 Å². The summed E-state index contributed by atoms with van der Waals surface area (Å²) in [5.41, 5.74) is 3.78. The SMILES string of the molecule is CCn1c(C(=O)N2CCOc3ccccc32)c(C)c2ccccc21. The normalized spacial score (nSPS) is 13.7. The molecule has 0 fully saturated rings. The fraction of sp³-hybridized carbons (Fsp3) is 0.250. The van der Waals surface area contributed by atoms with Crippen molar-refractivity contribution in [3.8, 4) is 5.75 Å². The molecule has 0 saturated heterocycles. The largest absolute Gasteiger partial charge is 0.490 e. The number of aryl methyl sites for hydroxylation is 2. The fourth-order valence-corrected chi connectivity index (χ4v) is 3.59. The average Bonchev–Trinajstić information content (AvgIpc) is 2.93. The minimum absolute atomic E-state index is 0.0429. The minimum Gasteiger partial charge on any atom is -0.490 e. The van der Waals surface area contributed by atoms with Gasteiger partial charge in [-0.25, -0.2) is 0 Å². The summed E-state index contributed by atoms with van der Waals surface area (Å²) >= 11 is 0. The highest BCUT2D eigenvalue weighted by Crippen LogP contribution is 2.34. The van der Waals surface area contributed by atoms with Gasteiger partial charge in [-0.3, -0.25) is 4.79 Å². The number of ether oxygens (including phenoxy) is 1. The molecule has 24 heavy (non-hydrogen) atoms. The highest BCUT2D eigenvalue weighted by molar-refractivity contribution is 6.10. The number of carbonyl (C=O) groups excluding carboxylic acids is 1. The first-order chi connectivity index (χ1) is 11.7. The van der Waals surface area contributed by atoms with Crippen LogP contribution in [0.3, 0.4) is 0 Å². The number of anilines is 1. The third kappa shape index (κ3) is 2.10. The second kappa shape index (κ2) is 5.71. The average molecular weight is 320 g/mol. The van der Waals surface area contributed by atoms with Crippen LogP contribution >= 0.6 is 0 Å². The molecular weight excluding hydrogens is 300 g/mol. The van der Waals surface area contributed by atoms with E-state index in [1.165, 1.54) is 0 Å². The number of carbonyl (C=O) groups is 1. The highest BCUT2D eigenvalue weighted by atomic mass is 16.5. The summed E-state index contributed by atoms with van der Waals surface area (Å²) in [6.45, 7) is 5.97. The Kier molecular flexibility index (Phi) is 3.53. The molecule has 1 amide bonds. The van der Waals surface area contributed by atoms with Gasteiger partial charge in [-0.2, -0.15) is 0 Å². The van der Waals surface area contributed by atoms with Crippen LogP contribution in [0.2, 0.25) is 0 Å². The predicted octanol–water partition coefficient (Wildman–Crippen LogP) is 4.01. The summed E-state index contributed by atoms with van der Waals surface area (Å²) in [5, 5.41) is 1.14. The Labute approximate surface area is 141 Å². The Hall–Kier alpha value is -2.75. The number of benzene rings is 2. The third-order valence-electron chi connectivity index (χ3n) is 4.72. The van der Waals surface area contributed by atoms with E-state index in [1.54, 1.807) is 0 Å². The molecule has 0 saturated carbocycles. The van der Waals surface area contributed by atoms with Gasteiger partial charge in [-0.15, -0.1) is 0 Å². The molecule has 0 N–H and O–H groups in total. The van der Waals surface area contributed by atoms with Gasteiger partial charge in [0.05, 0.1) is 12.2 Å². The van der Waals surface area contributed by atoms with Gasteiger partial charge in [-0.05, 0) is 37.6 Å². The van der Waals surface area contributed by atoms with E-state index in [9.17, 15) is 4.79 Å². The Bertz CT molecular complexity index is 927. The van der Waals surface area contributed by atoms with Crippen molar-refractivity contribution in [3.63, 3.8) is 0 Å². The molecule has 122 valence electrons. The Balaban J connectivity index is 1.87. The predicted molar refractivity (Wildman–Crippen MR) is 96.0 cm³/mol. The van der Waals surface area contributed by atoms with Crippen LogP contribution in [0.25, 0.3) is 10.9 Å². The Morgan fingerprint density at radius 1 is 1.12 bits per heavy atom. The molecule has 0 spiro atoms. The van der Waals surface area contributed by atoms with Crippen molar-refractivity contribution < 1.29 is 9.53 Å². The number of nitrogens with zero attached hydrogens (tertiary/aromatic N) is 2. The Morgan fingerprint density at radius 2 is 1.88 bits per heavy atom. The van der Waals surface area contributed by atoms with Crippen molar-refractivity contribution in [2.75, 3.05) is 18.1 Å². The van der Waals surface area contributed by atoms with Crippen molar-refractivity contribution in [2.45, 2.75) is 20.4 Å². The molecule has 4 nitrogen and oxygen atoms in total. The molecule has 2 heterocycles. The van der Waals surface area contributed by atoms with Gasteiger partial charge in [0.2, 0.25) is 0 Å². The quantitative estimate of drug-likeness (QED) is 0.715. The van der Waals surface area contributed by atoms with E-state index >= 15 is 0 Å². The van der Waals surface area contributed by atoms with E-state index in [0.29, 0.717) is 13.2 Å². The van der Waals surface area contributed by atoms with Crippen molar-refractivity contribution in [1.82, 2.24) is 4.57 Å². The van der Waals surface area contributed by atoms with E-state index in [2.05, 4.69) is 23.6 Å². The molecule has 4 rings (SSSR count). The molecule has 0 bridgehead atoms. The van der Waals surface area contributed by atoms with E-state index in [0.717, 1.165) is 40.1 Å². The number of para-hydroxylation sites is 3. The number of fused-ring (bicyclic) bond motifs is 2. The van der Waals surface area contributed by atoms with Crippen LogP contribution in [0.15, 0.2) is 48.5 Å². The van der Waals surface area contributed by atoms with Crippen LogP contribution in [0, 0.1) is 6.92 Å². The first-order valence-corrected chi connectivity index (χ1v) is 8.34. The second-order valence-corrected chi connectivity index (χ2v) is 6.01. The minimum atomic E-state index is 0.0429. The maximum Gasteiger partial charge on any atom is 0.275 e. The van der Waals surface area contributed by atoms with Crippen LogP contribution < -0.4 is 9.64 Å². The van der Waals surface area contributed by atoms with Gasteiger partial charge in [-0.1, -0.05) is 30.3 Å². The molecule has 1 aromatic heterocycles. The number of hydrogen-bond acceptors (Lipinski definition) is 2. The zero-order valence-electron chi connectivity index (χ0n) is 14.0. The summed E-state index contributed by atoms with van der Waals surface area (Å²) in [6, 6.07) is 15.9. The monoisotopic (exact) mass is 320 g/mol. The van der Waals surface area contributed by atoms with Gasteiger partial charge < -0.3 is 14.2 Å². The van der Waals surface area contributed by atoms with Crippen molar-refractivity contribution >= 4 is 22.5 Å². The lowest BCUT2D eigenvalue weighted by atomic mass is 10.1. The first kappa shape index (κ1) is 14.8. The number of aromatic nitrogens is 1. The van der Waals surface area contributed by atoms with Crippen LogP contribution in [-0.4, -0.2) is 23.6 Å². The smallest absolute Gasteiger partial charge is 0.275 e. The van der Waals surface area contributed by atoms with Gasteiger partial charge in [0, 0.05) is 17.4 Å². The molecular formula is C20H20N2O2. The fourth-order valence-electron chi connectivity index (χ4n) is 3.59. The molecule has 4 heteroatoms. The van der Waals surface area contributed by atoms with E-state index < -0.39 is 0 Å². The summed E-state index contributed by atoms with van der Waals surface area (Å²) in [7, 11) is 0. The first-order valence-electron chi connectivity index (χ1n) is 8.34. The zero-order chi connectivity index (χ0) is 16.7. The molecule has 3 aromatic rings. The van der Waals surface area contributed by atoms with Crippen LogP contribution in [0.5, 0.6) is 5.75 Å². The van der Waals surface area contributed by atoms with Gasteiger partial charge in [0.1, 0.15) is 18.1 Å². The second-order valence-electron chi connectivity index (χ2n) is 6.01. The number of hydrogen-bond donors (Lipinski definition) is 0. The van der Waals surface area contributed by atoms with Crippen LogP contribution in [-0.2, 0) is 6.54 Å². The number of amides is 1. The molecule has 0 aliphatic carbocycles. The summed E-state index contributed by atoms with van der Waals surface area (Å²) in [4.78, 5) is 15.2. The third-order valence-corrected chi connectivity index (χ3v) is 4.72. The molecule has 0 atom stereocenters. The van der Waals surface area contributed by atoms with Gasteiger partial charge in [0.15, 0.2) is 0 Å². The highest BCUT2D eigenvalue weighted by Gasteiger charge is 2.28. The maximum atomic E-state index is 13.4. The lowest BCUT2D eigenvalue weighted by Crippen LogP contribution is -2.39. The lowest BCUT2D eigenvalue weighted by Gasteiger charge is -2.30. The zero-order valence-corrected chi connectivity index (χ0v) is 14.0. The maximum absolute atomic E-state index is 13.4. The molecule has 0 radical (unpaired) electrons. The lowest BCUT2D eigenvalue weighted by molar-refractivity contribution is 0.0967. The Morgan fingerprint density at radius 3 is 2.71 bits per heavy atom. The molecule has 2 aromatic carbocycles. The molecule has 1 aliphatic rings.